The number of carbonyl (C=O) groups excluding carboxylic acids is 2. The second-order valence-corrected chi connectivity index (χ2v) is 10.4. The normalized spacial score (nSPS) is 12.0. The predicted octanol–water partition coefficient (Wildman–Crippen LogP) is 3.90. The molecule has 0 radical (unpaired) electrons. The minimum Gasteiger partial charge on any atom is -0.326 e. The van der Waals surface area contributed by atoms with E-state index in [-0.39, 0.29) is 29.3 Å². The molecule has 0 aliphatic heterocycles. The number of hydrogen-bond acceptors (Lipinski definition) is 4. The summed E-state index contributed by atoms with van der Waals surface area (Å²) in [5, 5.41) is 5.35. The number of likely N-dealkylation sites (N-methyl/N-ethyl adjacent to an activating group) is 1. The first-order valence-electron chi connectivity index (χ1n) is 10.1. The lowest BCUT2D eigenvalue weighted by atomic mass is 9.87. The Kier molecular flexibility index (Phi) is 7.62. The molecule has 31 heavy (non-hydrogen) atoms. The average molecular weight is 446 g/mol. The Hall–Kier alpha value is -2.71. The summed E-state index contributed by atoms with van der Waals surface area (Å²) in [6.45, 7) is 10.8. The molecule has 2 N–H and O–H groups in total. The van der Waals surface area contributed by atoms with Crippen molar-refractivity contribution >= 4 is 33.2 Å². The van der Waals surface area contributed by atoms with Gasteiger partial charge >= 0.3 is 0 Å². The van der Waals surface area contributed by atoms with Crippen molar-refractivity contribution in [1.29, 1.82) is 0 Å². The second kappa shape index (κ2) is 9.62. The summed E-state index contributed by atoms with van der Waals surface area (Å²) in [6, 6.07) is 12.0. The van der Waals surface area contributed by atoms with Crippen LogP contribution in [0.25, 0.3) is 0 Å². The Balaban J connectivity index is 2.20. The van der Waals surface area contributed by atoms with Gasteiger partial charge in [0.05, 0.1) is 11.4 Å². The molecular weight excluding hydrogens is 414 g/mol. The average Bonchev–Trinajstić information content (AvgIpc) is 2.66. The standard InChI is InChI=1S/C23H31N3O4S/c1-7-26(15-22(28)25-20-12-10-19(11-13-20)24-17(3)27)31(29,30)21-14-18(23(4,5)6)9-8-16(21)2/h8-14H,7,15H2,1-6H3,(H,24,27)(H,25,28). The van der Waals surface area contributed by atoms with E-state index in [4.69, 9.17) is 0 Å². The number of hydrogen-bond donors (Lipinski definition) is 2. The molecule has 2 aromatic rings. The molecule has 0 unspecified atom stereocenters. The van der Waals surface area contributed by atoms with Crippen LogP contribution in [0.5, 0.6) is 0 Å². The third-order valence-electron chi connectivity index (χ3n) is 4.83. The highest BCUT2D eigenvalue weighted by molar-refractivity contribution is 7.89. The van der Waals surface area contributed by atoms with Gasteiger partial charge in [-0.1, -0.05) is 39.8 Å². The van der Waals surface area contributed by atoms with Gasteiger partial charge in [0.1, 0.15) is 0 Å². The summed E-state index contributed by atoms with van der Waals surface area (Å²) in [6.07, 6.45) is 0. The minimum absolute atomic E-state index is 0.163. The van der Waals surface area contributed by atoms with E-state index in [0.29, 0.717) is 16.9 Å². The first-order valence-corrected chi connectivity index (χ1v) is 11.6. The lowest BCUT2D eigenvalue weighted by Gasteiger charge is -2.24. The van der Waals surface area contributed by atoms with E-state index in [9.17, 15) is 18.0 Å². The van der Waals surface area contributed by atoms with E-state index in [0.717, 1.165) is 5.56 Å². The lowest BCUT2D eigenvalue weighted by Crippen LogP contribution is -2.38. The van der Waals surface area contributed by atoms with Crippen LogP contribution in [0.4, 0.5) is 11.4 Å². The van der Waals surface area contributed by atoms with Crippen molar-refractivity contribution in [3.63, 3.8) is 0 Å². The third kappa shape index (κ3) is 6.38. The van der Waals surface area contributed by atoms with E-state index in [1.807, 2.05) is 26.8 Å². The van der Waals surface area contributed by atoms with E-state index in [2.05, 4.69) is 10.6 Å². The van der Waals surface area contributed by atoms with Crippen molar-refractivity contribution in [2.45, 2.75) is 51.9 Å². The summed E-state index contributed by atoms with van der Waals surface area (Å²) in [5.74, 6) is -0.631. The van der Waals surface area contributed by atoms with Gasteiger partial charge in [0, 0.05) is 24.8 Å². The molecule has 0 heterocycles. The van der Waals surface area contributed by atoms with Gasteiger partial charge in [-0.25, -0.2) is 8.42 Å². The molecule has 2 aromatic carbocycles. The molecule has 0 atom stereocenters. The molecule has 2 amide bonds. The van der Waals surface area contributed by atoms with Gasteiger partial charge < -0.3 is 10.6 Å². The molecule has 8 heteroatoms. The van der Waals surface area contributed by atoms with E-state index in [1.165, 1.54) is 11.2 Å². The van der Waals surface area contributed by atoms with Crippen LogP contribution in [-0.4, -0.2) is 37.6 Å². The number of sulfonamides is 1. The molecule has 0 fully saturated rings. The van der Waals surface area contributed by atoms with Crippen LogP contribution in [0.15, 0.2) is 47.4 Å². The van der Waals surface area contributed by atoms with Crippen molar-refractivity contribution in [3.05, 3.63) is 53.6 Å². The minimum atomic E-state index is -3.85. The van der Waals surface area contributed by atoms with Crippen LogP contribution in [-0.2, 0) is 25.0 Å². The first-order chi connectivity index (χ1) is 14.3. The number of benzene rings is 2. The third-order valence-corrected chi connectivity index (χ3v) is 6.90. The molecule has 168 valence electrons. The fourth-order valence-corrected chi connectivity index (χ4v) is 4.71. The van der Waals surface area contributed by atoms with Crippen LogP contribution < -0.4 is 10.6 Å². The van der Waals surface area contributed by atoms with Crippen LogP contribution in [0.3, 0.4) is 0 Å². The van der Waals surface area contributed by atoms with Crippen LogP contribution in [0, 0.1) is 6.92 Å². The van der Waals surface area contributed by atoms with E-state index >= 15 is 0 Å². The van der Waals surface area contributed by atoms with Crippen LogP contribution in [0.2, 0.25) is 0 Å². The largest absolute Gasteiger partial charge is 0.326 e. The fourth-order valence-electron chi connectivity index (χ4n) is 3.05. The number of rotatable bonds is 7. The van der Waals surface area contributed by atoms with Gasteiger partial charge in [-0.15, -0.1) is 0 Å². The van der Waals surface area contributed by atoms with Gasteiger partial charge in [-0.3, -0.25) is 9.59 Å². The predicted molar refractivity (Wildman–Crippen MR) is 124 cm³/mol. The molecule has 0 saturated heterocycles. The second-order valence-electron chi connectivity index (χ2n) is 8.47. The summed E-state index contributed by atoms with van der Waals surface area (Å²) >= 11 is 0. The van der Waals surface area contributed by atoms with E-state index in [1.54, 1.807) is 50.2 Å². The number of aryl methyl sites for hydroxylation is 1. The molecule has 0 spiro atoms. The number of anilines is 2. The maximum absolute atomic E-state index is 13.3. The van der Waals surface area contributed by atoms with Crippen molar-refractivity contribution in [3.8, 4) is 0 Å². The van der Waals surface area contributed by atoms with Gasteiger partial charge in [-0.2, -0.15) is 4.31 Å². The summed E-state index contributed by atoms with van der Waals surface area (Å²) in [7, 11) is -3.85. The zero-order valence-corrected chi connectivity index (χ0v) is 19.8. The quantitative estimate of drug-likeness (QED) is 0.676. The van der Waals surface area contributed by atoms with Gasteiger partial charge in [0.25, 0.3) is 0 Å². The van der Waals surface area contributed by atoms with Gasteiger partial charge in [-0.05, 0) is 53.8 Å². The molecule has 2 rings (SSSR count). The zero-order chi connectivity index (χ0) is 23.4. The molecule has 0 aliphatic rings. The smallest absolute Gasteiger partial charge is 0.243 e. The highest BCUT2D eigenvalue weighted by Crippen LogP contribution is 2.28. The molecule has 7 nitrogen and oxygen atoms in total. The van der Waals surface area contributed by atoms with Crippen molar-refractivity contribution in [1.82, 2.24) is 4.31 Å². The van der Waals surface area contributed by atoms with Gasteiger partial charge in [0.15, 0.2) is 0 Å². The van der Waals surface area contributed by atoms with Gasteiger partial charge in [0.2, 0.25) is 21.8 Å². The van der Waals surface area contributed by atoms with Crippen molar-refractivity contribution < 1.29 is 18.0 Å². The Morgan fingerprint density at radius 2 is 1.52 bits per heavy atom. The monoisotopic (exact) mass is 445 g/mol. The SMILES string of the molecule is CCN(CC(=O)Nc1ccc(NC(C)=O)cc1)S(=O)(=O)c1cc(C(C)(C)C)ccc1C. The Bertz CT molecular complexity index is 1060. The molecule has 0 aliphatic carbocycles. The Labute approximate surface area is 184 Å². The number of nitrogens with one attached hydrogen (secondary N) is 2. The Morgan fingerprint density at radius 1 is 0.968 bits per heavy atom. The number of carbonyl (C=O) groups is 2. The number of nitrogens with zero attached hydrogens (tertiary/aromatic N) is 1. The summed E-state index contributed by atoms with van der Waals surface area (Å²) in [4.78, 5) is 23.9. The molecule has 0 saturated carbocycles. The lowest BCUT2D eigenvalue weighted by molar-refractivity contribution is -0.116. The number of amides is 2. The fraction of sp³-hybridized carbons (Fsp3) is 0.391. The van der Waals surface area contributed by atoms with Crippen LogP contribution >= 0.6 is 0 Å². The maximum Gasteiger partial charge on any atom is 0.243 e. The van der Waals surface area contributed by atoms with Crippen molar-refractivity contribution in [2.24, 2.45) is 0 Å². The van der Waals surface area contributed by atoms with Crippen molar-refractivity contribution in [2.75, 3.05) is 23.7 Å². The van der Waals surface area contributed by atoms with Crippen LogP contribution in [0.1, 0.15) is 45.7 Å². The zero-order valence-electron chi connectivity index (χ0n) is 18.9. The topological polar surface area (TPSA) is 95.6 Å². The van der Waals surface area contributed by atoms with E-state index < -0.39 is 15.9 Å². The molecule has 0 bridgehead atoms. The summed E-state index contributed by atoms with van der Waals surface area (Å²) in [5.41, 5.74) is 2.48. The molecule has 0 aromatic heterocycles. The highest BCUT2D eigenvalue weighted by Gasteiger charge is 2.28. The summed E-state index contributed by atoms with van der Waals surface area (Å²) < 4.78 is 27.8. The Morgan fingerprint density at radius 3 is 2.00 bits per heavy atom. The highest BCUT2D eigenvalue weighted by atomic mass is 32.2. The maximum atomic E-state index is 13.3. The first kappa shape index (κ1) is 24.6. The molecular formula is C23H31N3O4S.